The maximum Gasteiger partial charge on any atom is 0.343 e. The number of cyclic esters (lactones) is 1. The Hall–Kier alpha value is -6.04. The highest BCUT2D eigenvalue weighted by molar-refractivity contribution is 5.94. The summed E-state index contributed by atoms with van der Waals surface area (Å²) in [5.41, 5.74) is 9.14. The number of aliphatic hydroxyl groups is 1. The molecule has 0 bridgehead atoms. The molecule has 17 heteroatoms. The van der Waals surface area contributed by atoms with Gasteiger partial charge in [0.15, 0.2) is 5.60 Å². The van der Waals surface area contributed by atoms with Gasteiger partial charge in [-0.1, -0.05) is 43.7 Å². The van der Waals surface area contributed by atoms with Crippen LogP contribution in [-0.4, -0.2) is 83.3 Å². The molecular formula is C44H50FN7O9. The monoisotopic (exact) mass is 839 g/mol. The Balaban J connectivity index is 0.950. The van der Waals surface area contributed by atoms with E-state index in [2.05, 4.69) is 21.3 Å². The maximum atomic E-state index is 15.3. The molecule has 16 nitrogen and oxygen atoms in total. The Morgan fingerprint density at radius 1 is 1.03 bits per heavy atom. The Morgan fingerprint density at radius 3 is 2.56 bits per heavy atom. The fourth-order valence-electron chi connectivity index (χ4n) is 8.65. The average Bonchev–Trinajstić information content (AvgIpc) is 3.63. The number of esters is 1. The molecular weight excluding hydrogens is 790 g/mol. The standard InChI is InChI=1S/C44H50FN7O9/c1-3-44(59)30-16-34-40-28(21-52(34)42(57)29(30)22-61-43(44)58)38-26(12-13-27-24(2)31(45)17-32(51-40)39(27)38)11-7-8-14-60-23-49-36(54)19-48-41(56)33(15-25-9-5-4-6-10-25)50-37(55)20-47-35(53)18-46/h4-6,9-10,16-17,26,33,59H,3,7-8,11-15,18-23,46H2,1-2H3,(H,47,53)(H,48,56)(H,49,54)(H,50,55)/t26?,33-,44-/m0/s1. The molecule has 0 radical (unpaired) electrons. The molecule has 7 rings (SSSR count). The van der Waals surface area contributed by atoms with E-state index in [4.69, 9.17) is 20.2 Å². The predicted molar refractivity (Wildman–Crippen MR) is 220 cm³/mol. The third-order valence-electron chi connectivity index (χ3n) is 11.9. The van der Waals surface area contributed by atoms with Gasteiger partial charge in [-0.05, 0) is 73.3 Å². The van der Waals surface area contributed by atoms with E-state index in [9.17, 15) is 33.9 Å². The summed E-state index contributed by atoms with van der Waals surface area (Å²) in [6.45, 7) is 2.72. The van der Waals surface area contributed by atoms with E-state index < -0.39 is 41.2 Å². The van der Waals surface area contributed by atoms with Gasteiger partial charge in [-0.3, -0.25) is 24.0 Å². The normalized spacial score (nSPS) is 17.7. The number of benzene rings is 2. The van der Waals surface area contributed by atoms with E-state index in [-0.39, 0.29) is 80.8 Å². The van der Waals surface area contributed by atoms with E-state index >= 15 is 4.39 Å². The van der Waals surface area contributed by atoms with Crippen molar-refractivity contribution in [1.29, 1.82) is 0 Å². The van der Waals surface area contributed by atoms with Crippen molar-refractivity contribution in [1.82, 2.24) is 30.8 Å². The number of unbranched alkanes of at least 4 members (excludes halogenated alkanes) is 1. The van der Waals surface area contributed by atoms with Crippen LogP contribution in [0.15, 0.2) is 47.3 Å². The number of fused-ring (bicyclic) bond motifs is 5. The van der Waals surface area contributed by atoms with Crippen LogP contribution in [0.3, 0.4) is 0 Å². The molecule has 1 unspecified atom stereocenters. The van der Waals surface area contributed by atoms with Crippen molar-refractivity contribution in [2.75, 3.05) is 33.0 Å². The van der Waals surface area contributed by atoms with E-state index in [1.54, 1.807) is 48.7 Å². The highest BCUT2D eigenvalue weighted by Crippen LogP contribution is 2.47. The molecule has 4 heterocycles. The van der Waals surface area contributed by atoms with Crippen molar-refractivity contribution >= 4 is 40.5 Å². The Kier molecular flexibility index (Phi) is 12.9. The fraction of sp³-hybridized carbons (Fsp3) is 0.432. The minimum absolute atomic E-state index is 0.0223. The largest absolute Gasteiger partial charge is 0.458 e. The summed E-state index contributed by atoms with van der Waals surface area (Å²) in [4.78, 5) is 81.1. The third-order valence-corrected chi connectivity index (χ3v) is 11.9. The van der Waals surface area contributed by atoms with Crippen molar-refractivity contribution in [3.8, 4) is 11.4 Å². The summed E-state index contributed by atoms with van der Waals surface area (Å²) in [6.07, 6.45) is 3.86. The molecule has 4 aromatic rings. The van der Waals surface area contributed by atoms with Gasteiger partial charge in [0, 0.05) is 35.6 Å². The summed E-state index contributed by atoms with van der Waals surface area (Å²) >= 11 is 0. The number of aryl methyl sites for hydroxylation is 1. The molecule has 61 heavy (non-hydrogen) atoms. The van der Waals surface area contributed by atoms with Gasteiger partial charge in [-0.15, -0.1) is 0 Å². The number of ether oxygens (including phenoxy) is 2. The number of nitrogens with two attached hydrogens (primary N) is 1. The zero-order chi connectivity index (χ0) is 43.4. The molecule has 0 fully saturated rings. The second-order valence-electron chi connectivity index (χ2n) is 15.7. The van der Waals surface area contributed by atoms with Crippen LogP contribution in [0.25, 0.3) is 22.3 Å². The highest BCUT2D eigenvalue weighted by atomic mass is 19.1. The van der Waals surface area contributed by atoms with Gasteiger partial charge in [0.2, 0.25) is 23.6 Å². The number of carbonyl (C=O) groups excluding carboxylic acids is 5. The molecule has 1 aliphatic carbocycles. The topological polar surface area (TPSA) is 233 Å². The minimum Gasteiger partial charge on any atom is -0.458 e. The second kappa shape index (κ2) is 18.3. The number of pyridine rings is 2. The summed E-state index contributed by atoms with van der Waals surface area (Å²) in [7, 11) is 0. The molecule has 2 aromatic heterocycles. The molecule has 2 aliphatic heterocycles. The smallest absolute Gasteiger partial charge is 0.343 e. The Bertz CT molecular complexity index is 2460. The number of nitrogens with zero attached hydrogens (tertiary/aromatic N) is 2. The zero-order valence-corrected chi connectivity index (χ0v) is 34.2. The quantitative estimate of drug-likeness (QED) is 0.0449. The third kappa shape index (κ3) is 8.76. The highest BCUT2D eigenvalue weighted by Gasteiger charge is 2.46. The lowest BCUT2D eigenvalue weighted by Crippen LogP contribution is -2.52. The SMILES string of the molecule is CC[C@@]1(O)C(=O)OCc2c1cc1n(c2=O)Cc2c-1nc1cc(F)c(C)c3c1c2C(CCCCOCNC(=O)CNC(=O)[C@H](Cc1ccccc1)NC(=O)CNC(=O)CN)CC3. The van der Waals surface area contributed by atoms with Gasteiger partial charge in [0.1, 0.15) is 25.2 Å². The predicted octanol–water partition coefficient (Wildman–Crippen LogP) is 1.74. The number of halogens is 1. The first-order valence-electron chi connectivity index (χ1n) is 20.6. The Labute approximate surface area is 350 Å². The van der Waals surface area contributed by atoms with Crippen molar-refractivity contribution in [2.24, 2.45) is 5.73 Å². The number of aromatic nitrogens is 2. The van der Waals surface area contributed by atoms with Gasteiger partial charge in [-0.2, -0.15) is 0 Å². The van der Waals surface area contributed by atoms with Crippen molar-refractivity contribution in [2.45, 2.75) is 89.5 Å². The first-order valence-corrected chi connectivity index (χ1v) is 20.6. The number of nitrogens with one attached hydrogen (secondary N) is 4. The van der Waals surface area contributed by atoms with E-state index in [0.29, 0.717) is 41.9 Å². The molecule has 0 saturated heterocycles. The van der Waals surface area contributed by atoms with Crippen LogP contribution in [0, 0.1) is 12.7 Å². The molecule has 3 aliphatic rings. The van der Waals surface area contributed by atoms with Crippen LogP contribution in [0.1, 0.15) is 83.9 Å². The molecule has 322 valence electrons. The lowest BCUT2D eigenvalue weighted by Gasteiger charge is -2.31. The Morgan fingerprint density at radius 2 is 1.80 bits per heavy atom. The first-order chi connectivity index (χ1) is 29.3. The molecule has 7 N–H and O–H groups in total. The summed E-state index contributed by atoms with van der Waals surface area (Å²) in [6, 6.07) is 11.1. The lowest BCUT2D eigenvalue weighted by atomic mass is 9.76. The van der Waals surface area contributed by atoms with Gasteiger partial charge in [0.25, 0.3) is 5.56 Å². The van der Waals surface area contributed by atoms with Crippen LogP contribution in [0.5, 0.6) is 0 Å². The van der Waals surface area contributed by atoms with Crippen LogP contribution in [-0.2, 0) is 65.0 Å². The molecule has 3 atom stereocenters. The number of amides is 4. The fourth-order valence-corrected chi connectivity index (χ4v) is 8.65. The summed E-state index contributed by atoms with van der Waals surface area (Å²) in [5.74, 6) is -3.24. The lowest BCUT2D eigenvalue weighted by molar-refractivity contribution is -0.172. The second-order valence-corrected chi connectivity index (χ2v) is 15.7. The van der Waals surface area contributed by atoms with Gasteiger partial charge in [-0.25, -0.2) is 14.2 Å². The van der Waals surface area contributed by atoms with Crippen LogP contribution >= 0.6 is 0 Å². The van der Waals surface area contributed by atoms with Crippen LogP contribution < -0.4 is 32.6 Å². The summed E-state index contributed by atoms with van der Waals surface area (Å²) in [5, 5.41) is 22.4. The number of hydrogen-bond acceptors (Lipinski definition) is 11. The van der Waals surface area contributed by atoms with Gasteiger partial charge < -0.3 is 46.1 Å². The number of hydrogen-bond donors (Lipinski definition) is 6. The zero-order valence-electron chi connectivity index (χ0n) is 34.2. The molecule has 2 aromatic carbocycles. The van der Waals surface area contributed by atoms with E-state index in [1.165, 1.54) is 6.07 Å². The van der Waals surface area contributed by atoms with E-state index in [1.807, 2.05) is 6.07 Å². The van der Waals surface area contributed by atoms with Crippen molar-refractivity contribution in [3.05, 3.63) is 97.6 Å². The molecule has 0 saturated carbocycles. The van der Waals surface area contributed by atoms with Crippen molar-refractivity contribution < 1.29 is 42.9 Å². The van der Waals surface area contributed by atoms with Crippen LogP contribution in [0.2, 0.25) is 0 Å². The number of rotatable bonds is 17. The summed E-state index contributed by atoms with van der Waals surface area (Å²) < 4.78 is 27.8. The maximum absolute atomic E-state index is 15.3. The first kappa shape index (κ1) is 43.1. The van der Waals surface area contributed by atoms with Crippen molar-refractivity contribution in [3.63, 3.8) is 0 Å². The molecule has 4 amide bonds. The average molecular weight is 840 g/mol. The molecule has 0 spiro atoms. The van der Waals surface area contributed by atoms with E-state index in [0.717, 1.165) is 46.9 Å². The number of carbonyl (C=O) groups is 5. The van der Waals surface area contributed by atoms with Gasteiger partial charge >= 0.3 is 5.97 Å². The minimum atomic E-state index is -1.96. The van der Waals surface area contributed by atoms with Crippen LogP contribution in [0.4, 0.5) is 4.39 Å². The van der Waals surface area contributed by atoms with Gasteiger partial charge in [0.05, 0.1) is 48.6 Å².